The van der Waals surface area contributed by atoms with E-state index in [1.165, 1.54) is 51.4 Å². The molecule has 0 aliphatic heterocycles. The van der Waals surface area contributed by atoms with Crippen LogP contribution in [0.4, 0.5) is 0 Å². The van der Waals surface area contributed by atoms with Crippen LogP contribution in [0.3, 0.4) is 0 Å². The summed E-state index contributed by atoms with van der Waals surface area (Å²) in [4.78, 5) is 4.21. The smallest absolute Gasteiger partial charge is 0.0949 e. The van der Waals surface area contributed by atoms with Gasteiger partial charge in [0, 0.05) is 12.7 Å². The molecule has 0 aromatic carbocycles. The minimum atomic E-state index is 0.518. The van der Waals surface area contributed by atoms with Gasteiger partial charge in [-0.25, -0.2) is 4.98 Å². The number of halogens is 1. The molecule has 1 rings (SSSR count). The lowest BCUT2D eigenvalue weighted by atomic mass is 10.1. The standard InChI is InChI=1S/C14H25ClN2/c1-2-3-4-5-6-7-8-9-10-17-12-14(11-15)16-13-17/h12-13H,2-11H2,1H3. The van der Waals surface area contributed by atoms with Crippen LogP contribution >= 0.6 is 11.6 Å². The Bertz CT molecular complexity index is 284. The molecule has 3 heteroatoms. The number of alkyl halides is 1. The van der Waals surface area contributed by atoms with Crippen molar-refractivity contribution in [2.24, 2.45) is 0 Å². The zero-order valence-corrected chi connectivity index (χ0v) is 11.8. The SMILES string of the molecule is CCCCCCCCCCn1cnc(CCl)c1. The Labute approximate surface area is 110 Å². The summed E-state index contributed by atoms with van der Waals surface area (Å²) in [7, 11) is 0. The van der Waals surface area contributed by atoms with Crippen LogP contribution in [0.15, 0.2) is 12.5 Å². The minimum Gasteiger partial charge on any atom is -0.337 e. The fourth-order valence-corrected chi connectivity index (χ4v) is 2.16. The third-order valence-corrected chi connectivity index (χ3v) is 3.37. The molecule has 0 saturated heterocycles. The quantitative estimate of drug-likeness (QED) is 0.436. The van der Waals surface area contributed by atoms with E-state index in [1.54, 1.807) is 0 Å². The molecular formula is C14H25ClN2. The lowest BCUT2D eigenvalue weighted by Crippen LogP contribution is -1.94. The molecule has 0 N–H and O–H groups in total. The minimum absolute atomic E-state index is 0.518. The molecule has 0 atom stereocenters. The fraction of sp³-hybridized carbons (Fsp3) is 0.786. The summed E-state index contributed by atoms with van der Waals surface area (Å²) in [5, 5.41) is 0. The molecule has 98 valence electrons. The third-order valence-electron chi connectivity index (χ3n) is 3.09. The maximum absolute atomic E-state index is 5.71. The molecule has 0 amide bonds. The molecule has 1 heterocycles. The number of imidazole rings is 1. The van der Waals surface area contributed by atoms with Crippen LogP contribution < -0.4 is 0 Å². The summed E-state index contributed by atoms with van der Waals surface area (Å²) in [6.45, 7) is 3.35. The first-order valence-electron chi connectivity index (χ1n) is 6.93. The molecule has 1 aromatic rings. The van der Waals surface area contributed by atoms with Crippen molar-refractivity contribution < 1.29 is 0 Å². The summed E-state index contributed by atoms with van der Waals surface area (Å²) < 4.78 is 2.15. The van der Waals surface area contributed by atoms with Crippen LogP contribution in [0.25, 0.3) is 0 Å². The molecule has 1 aromatic heterocycles. The van der Waals surface area contributed by atoms with E-state index in [-0.39, 0.29) is 0 Å². The monoisotopic (exact) mass is 256 g/mol. The molecule has 17 heavy (non-hydrogen) atoms. The molecular weight excluding hydrogens is 232 g/mol. The second-order valence-electron chi connectivity index (χ2n) is 4.71. The summed E-state index contributed by atoms with van der Waals surface area (Å²) >= 11 is 5.71. The summed E-state index contributed by atoms with van der Waals surface area (Å²) in [5.41, 5.74) is 0.978. The lowest BCUT2D eigenvalue weighted by Gasteiger charge is -2.02. The Hall–Kier alpha value is -0.500. The Balaban J connectivity index is 1.93. The highest BCUT2D eigenvalue weighted by molar-refractivity contribution is 6.16. The van der Waals surface area contributed by atoms with Crippen molar-refractivity contribution in [1.82, 2.24) is 9.55 Å². The average Bonchev–Trinajstić information content (AvgIpc) is 2.80. The molecule has 0 spiro atoms. The van der Waals surface area contributed by atoms with Gasteiger partial charge in [-0.2, -0.15) is 0 Å². The van der Waals surface area contributed by atoms with E-state index in [1.807, 2.05) is 12.5 Å². The highest BCUT2D eigenvalue weighted by Crippen LogP contribution is 2.09. The Morgan fingerprint density at radius 1 is 1.06 bits per heavy atom. The van der Waals surface area contributed by atoms with E-state index in [2.05, 4.69) is 16.5 Å². The van der Waals surface area contributed by atoms with E-state index >= 15 is 0 Å². The van der Waals surface area contributed by atoms with E-state index in [9.17, 15) is 0 Å². The van der Waals surface area contributed by atoms with Crippen molar-refractivity contribution >= 4 is 11.6 Å². The molecule has 0 saturated carbocycles. The Morgan fingerprint density at radius 3 is 2.29 bits per heavy atom. The number of nitrogens with zero attached hydrogens (tertiary/aromatic N) is 2. The second-order valence-corrected chi connectivity index (χ2v) is 4.98. The van der Waals surface area contributed by atoms with Gasteiger partial charge in [-0.05, 0) is 6.42 Å². The number of hydrogen-bond donors (Lipinski definition) is 0. The molecule has 0 aliphatic carbocycles. The van der Waals surface area contributed by atoms with Crippen molar-refractivity contribution in [3.8, 4) is 0 Å². The molecule has 0 fully saturated rings. The van der Waals surface area contributed by atoms with Crippen LogP contribution in [0, 0.1) is 0 Å². The number of rotatable bonds is 10. The van der Waals surface area contributed by atoms with E-state index in [0.717, 1.165) is 12.2 Å². The topological polar surface area (TPSA) is 17.8 Å². The first kappa shape index (κ1) is 14.6. The fourth-order valence-electron chi connectivity index (χ4n) is 2.03. The van der Waals surface area contributed by atoms with Gasteiger partial charge in [0.2, 0.25) is 0 Å². The van der Waals surface area contributed by atoms with E-state index < -0.39 is 0 Å². The van der Waals surface area contributed by atoms with Crippen molar-refractivity contribution in [3.63, 3.8) is 0 Å². The van der Waals surface area contributed by atoms with Crippen molar-refractivity contribution in [3.05, 3.63) is 18.2 Å². The highest BCUT2D eigenvalue weighted by atomic mass is 35.5. The third kappa shape index (κ3) is 6.72. The number of unbranched alkanes of at least 4 members (excludes halogenated alkanes) is 7. The Morgan fingerprint density at radius 2 is 1.71 bits per heavy atom. The number of hydrogen-bond acceptors (Lipinski definition) is 1. The zero-order valence-electron chi connectivity index (χ0n) is 11.0. The predicted octanol–water partition coefficient (Wildman–Crippen LogP) is 4.76. The van der Waals surface area contributed by atoms with Gasteiger partial charge in [0.05, 0.1) is 17.9 Å². The van der Waals surface area contributed by atoms with Crippen LogP contribution in [0.5, 0.6) is 0 Å². The van der Waals surface area contributed by atoms with Crippen LogP contribution in [0.2, 0.25) is 0 Å². The molecule has 0 bridgehead atoms. The summed E-state index contributed by atoms with van der Waals surface area (Å²) in [5.74, 6) is 0.518. The van der Waals surface area contributed by atoms with Crippen LogP contribution in [-0.4, -0.2) is 9.55 Å². The largest absolute Gasteiger partial charge is 0.337 e. The lowest BCUT2D eigenvalue weighted by molar-refractivity contribution is 0.543. The number of aromatic nitrogens is 2. The van der Waals surface area contributed by atoms with Gasteiger partial charge in [0.1, 0.15) is 0 Å². The van der Waals surface area contributed by atoms with Gasteiger partial charge in [-0.1, -0.05) is 51.9 Å². The van der Waals surface area contributed by atoms with Crippen molar-refractivity contribution in [2.45, 2.75) is 70.7 Å². The second kappa shape index (κ2) is 9.52. The van der Waals surface area contributed by atoms with Crippen LogP contribution in [-0.2, 0) is 12.4 Å². The average molecular weight is 257 g/mol. The zero-order chi connectivity index (χ0) is 12.3. The van der Waals surface area contributed by atoms with Crippen molar-refractivity contribution in [2.75, 3.05) is 0 Å². The molecule has 0 aliphatic rings. The number of aryl methyl sites for hydroxylation is 1. The van der Waals surface area contributed by atoms with Gasteiger partial charge < -0.3 is 4.57 Å². The van der Waals surface area contributed by atoms with Crippen LogP contribution in [0.1, 0.15) is 64.0 Å². The van der Waals surface area contributed by atoms with E-state index in [4.69, 9.17) is 11.6 Å². The van der Waals surface area contributed by atoms with Gasteiger partial charge in [0.15, 0.2) is 0 Å². The maximum Gasteiger partial charge on any atom is 0.0949 e. The van der Waals surface area contributed by atoms with Gasteiger partial charge in [-0.15, -0.1) is 11.6 Å². The van der Waals surface area contributed by atoms with E-state index in [0.29, 0.717) is 5.88 Å². The maximum atomic E-state index is 5.71. The normalized spacial score (nSPS) is 10.9. The molecule has 0 unspecified atom stereocenters. The van der Waals surface area contributed by atoms with Gasteiger partial charge in [-0.3, -0.25) is 0 Å². The van der Waals surface area contributed by atoms with Gasteiger partial charge in [0.25, 0.3) is 0 Å². The molecule has 2 nitrogen and oxygen atoms in total. The first-order chi connectivity index (χ1) is 8.36. The first-order valence-corrected chi connectivity index (χ1v) is 7.47. The predicted molar refractivity (Wildman–Crippen MR) is 74.4 cm³/mol. The van der Waals surface area contributed by atoms with Gasteiger partial charge >= 0.3 is 0 Å². The summed E-state index contributed by atoms with van der Waals surface area (Å²) in [6, 6.07) is 0. The highest BCUT2D eigenvalue weighted by Gasteiger charge is 1.97. The summed E-state index contributed by atoms with van der Waals surface area (Å²) in [6.07, 6.45) is 14.9. The Kier molecular flexibility index (Phi) is 8.16. The van der Waals surface area contributed by atoms with Crippen molar-refractivity contribution in [1.29, 1.82) is 0 Å². The molecule has 0 radical (unpaired) electrons.